The highest BCUT2D eigenvalue weighted by atomic mass is 127. The van der Waals surface area contributed by atoms with Crippen molar-refractivity contribution in [1.82, 2.24) is 9.66 Å². The molecule has 3 aromatic rings. The maximum atomic E-state index is 12.8. The van der Waals surface area contributed by atoms with Gasteiger partial charge in [-0.15, -0.1) is 0 Å². The first-order valence-electron chi connectivity index (χ1n) is 8.69. The molecule has 5 nitrogen and oxygen atoms in total. The van der Waals surface area contributed by atoms with Crippen molar-refractivity contribution in [3.8, 4) is 5.75 Å². The van der Waals surface area contributed by atoms with Crippen LogP contribution >= 0.6 is 61.1 Å². The molecule has 0 saturated carbocycles. The van der Waals surface area contributed by atoms with E-state index in [4.69, 9.17) is 4.74 Å². The second kappa shape index (κ2) is 9.21. The van der Waals surface area contributed by atoms with E-state index in [1.807, 2.05) is 24.3 Å². The number of ether oxygens (including phenoxy) is 1. The van der Waals surface area contributed by atoms with Crippen LogP contribution < -0.4 is 10.3 Å². The van der Waals surface area contributed by atoms with Gasteiger partial charge in [0, 0.05) is 4.47 Å². The van der Waals surface area contributed by atoms with Crippen molar-refractivity contribution in [3.63, 3.8) is 0 Å². The van der Waals surface area contributed by atoms with Gasteiger partial charge in [0.1, 0.15) is 11.6 Å². The van der Waals surface area contributed by atoms with Gasteiger partial charge in [-0.3, -0.25) is 4.79 Å². The van der Waals surface area contributed by atoms with Crippen LogP contribution in [0.15, 0.2) is 44.7 Å². The van der Waals surface area contributed by atoms with Gasteiger partial charge in [0.25, 0.3) is 5.56 Å². The Kier molecular flexibility index (Phi) is 7.13. The second-order valence-electron chi connectivity index (χ2n) is 6.33. The fourth-order valence-corrected chi connectivity index (χ4v) is 5.00. The largest absolute Gasteiger partial charge is 0.489 e. The maximum absolute atomic E-state index is 12.8. The van der Waals surface area contributed by atoms with Crippen LogP contribution in [0, 0.1) is 14.1 Å². The lowest BCUT2D eigenvalue weighted by Crippen LogP contribution is -2.20. The lowest BCUT2D eigenvalue weighted by molar-refractivity contribution is 0.214. The Morgan fingerprint density at radius 3 is 2.61 bits per heavy atom. The Labute approximate surface area is 199 Å². The lowest BCUT2D eigenvalue weighted by atomic mass is 10.2. The monoisotopic (exact) mass is 665 g/mol. The summed E-state index contributed by atoms with van der Waals surface area (Å²) in [6, 6.07) is 9.45. The van der Waals surface area contributed by atoms with Gasteiger partial charge >= 0.3 is 0 Å². The molecule has 1 heterocycles. The van der Waals surface area contributed by atoms with Gasteiger partial charge in [-0.05, 0) is 101 Å². The van der Waals surface area contributed by atoms with Crippen molar-refractivity contribution >= 4 is 78.2 Å². The zero-order valence-corrected chi connectivity index (χ0v) is 21.4. The van der Waals surface area contributed by atoms with Crippen LogP contribution in [0.4, 0.5) is 0 Å². The summed E-state index contributed by atoms with van der Waals surface area (Å²) in [5, 5.41) is 4.92. The number of halogens is 3. The number of aryl methyl sites for hydroxylation is 1. The molecular weight excluding hydrogens is 648 g/mol. The van der Waals surface area contributed by atoms with Crippen LogP contribution in [0.1, 0.15) is 31.7 Å². The predicted octanol–water partition coefficient (Wildman–Crippen LogP) is 5.74. The van der Waals surface area contributed by atoms with E-state index in [1.165, 1.54) is 4.68 Å². The van der Waals surface area contributed by atoms with Gasteiger partial charge < -0.3 is 4.74 Å². The molecule has 0 saturated heterocycles. The average Bonchev–Trinajstić information content (AvgIpc) is 2.65. The second-order valence-corrected chi connectivity index (χ2v) is 9.57. The standard InChI is InChI=1S/C20H18BrI2N3O2/c1-4-11(2)28-19-16(22)7-13(8-17(19)23)10-24-26-12(3)25-18-6-5-14(21)9-15(18)20(26)27/h5-11H,4H2,1-3H3/t11-/m1/s1. The Morgan fingerprint density at radius 1 is 1.29 bits per heavy atom. The van der Waals surface area contributed by atoms with Crippen molar-refractivity contribution in [2.45, 2.75) is 33.3 Å². The zero-order valence-electron chi connectivity index (χ0n) is 15.5. The molecule has 1 atom stereocenters. The molecule has 0 aliphatic carbocycles. The van der Waals surface area contributed by atoms with Crippen LogP contribution in [-0.2, 0) is 0 Å². The fourth-order valence-electron chi connectivity index (χ4n) is 2.57. The minimum absolute atomic E-state index is 0.158. The summed E-state index contributed by atoms with van der Waals surface area (Å²) in [5.41, 5.74) is 1.36. The van der Waals surface area contributed by atoms with Gasteiger partial charge in [0.2, 0.25) is 0 Å². The molecule has 0 fully saturated rings. The first-order chi connectivity index (χ1) is 13.3. The first kappa shape index (κ1) is 21.7. The van der Waals surface area contributed by atoms with E-state index in [-0.39, 0.29) is 11.7 Å². The highest BCUT2D eigenvalue weighted by Crippen LogP contribution is 2.29. The summed E-state index contributed by atoms with van der Waals surface area (Å²) >= 11 is 7.94. The van der Waals surface area contributed by atoms with Crippen molar-refractivity contribution < 1.29 is 4.74 Å². The number of fused-ring (bicyclic) bond motifs is 1. The molecule has 0 aliphatic heterocycles. The van der Waals surface area contributed by atoms with E-state index >= 15 is 0 Å². The molecule has 2 aromatic carbocycles. The number of nitrogens with zero attached hydrogens (tertiary/aromatic N) is 3. The van der Waals surface area contributed by atoms with Gasteiger partial charge in [-0.1, -0.05) is 22.9 Å². The molecule has 28 heavy (non-hydrogen) atoms. The van der Waals surface area contributed by atoms with Crippen LogP contribution in [0.5, 0.6) is 5.75 Å². The quantitative estimate of drug-likeness (QED) is 0.258. The Morgan fingerprint density at radius 2 is 1.96 bits per heavy atom. The van der Waals surface area contributed by atoms with Crippen LogP contribution in [-0.4, -0.2) is 22.0 Å². The SMILES string of the molecule is CC[C@@H](C)Oc1c(I)cc(C=Nn2c(C)nc3ccc(Br)cc3c2=O)cc1I. The highest BCUT2D eigenvalue weighted by molar-refractivity contribution is 14.1. The summed E-state index contributed by atoms with van der Waals surface area (Å²) < 4.78 is 10.2. The van der Waals surface area contributed by atoms with E-state index in [0.29, 0.717) is 16.7 Å². The summed E-state index contributed by atoms with van der Waals surface area (Å²) in [4.78, 5) is 17.3. The van der Waals surface area contributed by atoms with Gasteiger partial charge in [0.05, 0.1) is 30.4 Å². The van der Waals surface area contributed by atoms with Crippen LogP contribution in [0.3, 0.4) is 0 Å². The molecule has 0 unspecified atom stereocenters. The van der Waals surface area contributed by atoms with Gasteiger partial charge in [-0.25, -0.2) is 4.98 Å². The molecule has 0 radical (unpaired) electrons. The number of benzene rings is 2. The lowest BCUT2D eigenvalue weighted by Gasteiger charge is -2.16. The fraction of sp³-hybridized carbons (Fsp3) is 0.250. The number of aromatic nitrogens is 2. The predicted molar refractivity (Wildman–Crippen MR) is 134 cm³/mol. The maximum Gasteiger partial charge on any atom is 0.282 e. The summed E-state index contributed by atoms with van der Waals surface area (Å²) in [6.45, 7) is 5.93. The minimum Gasteiger partial charge on any atom is -0.489 e. The van der Waals surface area contributed by atoms with Crippen molar-refractivity contribution in [2.24, 2.45) is 5.10 Å². The van der Waals surface area contributed by atoms with Gasteiger partial charge in [0.15, 0.2) is 0 Å². The highest BCUT2D eigenvalue weighted by Gasteiger charge is 2.12. The Hall–Kier alpha value is -1.01. The molecule has 1 aromatic heterocycles. The molecule has 146 valence electrons. The molecule has 0 aliphatic rings. The smallest absolute Gasteiger partial charge is 0.282 e. The molecule has 0 amide bonds. The molecule has 8 heteroatoms. The third-order valence-electron chi connectivity index (χ3n) is 4.21. The summed E-state index contributed by atoms with van der Waals surface area (Å²) in [5.74, 6) is 1.43. The van der Waals surface area contributed by atoms with Crippen molar-refractivity contribution in [2.75, 3.05) is 0 Å². The summed E-state index contributed by atoms with van der Waals surface area (Å²) in [7, 11) is 0. The molecule has 0 spiro atoms. The molecular formula is C20H18BrI2N3O2. The summed E-state index contributed by atoms with van der Waals surface area (Å²) in [6.07, 6.45) is 2.78. The van der Waals surface area contributed by atoms with Crippen LogP contribution in [0.25, 0.3) is 10.9 Å². The van der Waals surface area contributed by atoms with E-state index in [2.05, 4.69) is 85.0 Å². The molecule has 0 bridgehead atoms. The van der Waals surface area contributed by atoms with Crippen molar-refractivity contribution in [1.29, 1.82) is 0 Å². The number of hydrogen-bond donors (Lipinski definition) is 0. The topological polar surface area (TPSA) is 56.5 Å². The van der Waals surface area contributed by atoms with E-state index in [1.54, 1.807) is 19.2 Å². The third-order valence-corrected chi connectivity index (χ3v) is 6.30. The number of hydrogen-bond acceptors (Lipinski definition) is 4. The van der Waals surface area contributed by atoms with Gasteiger partial charge in [-0.2, -0.15) is 9.78 Å². The number of rotatable bonds is 5. The van der Waals surface area contributed by atoms with E-state index < -0.39 is 0 Å². The average molecular weight is 666 g/mol. The molecule has 3 rings (SSSR count). The molecule has 0 N–H and O–H groups in total. The third kappa shape index (κ3) is 4.76. The normalized spacial score (nSPS) is 12.6. The first-order valence-corrected chi connectivity index (χ1v) is 11.6. The Bertz CT molecular complexity index is 1110. The van der Waals surface area contributed by atoms with E-state index in [0.717, 1.165) is 29.3 Å². The Balaban J connectivity index is 1.99. The van der Waals surface area contributed by atoms with Crippen LogP contribution in [0.2, 0.25) is 0 Å². The van der Waals surface area contributed by atoms with E-state index in [9.17, 15) is 4.79 Å². The zero-order chi connectivity index (χ0) is 20.4. The van der Waals surface area contributed by atoms with Crippen molar-refractivity contribution in [3.05, 3.63) is 63.7 Å². The minimum atomic E-state index is -0.193.